The summed E-state index contributed by atoms with van der Waals surface area (Å²) in [4.78, 5) is 11.6. The van der Waals surface area contributed by atoms with Gasteiger partial charge in [-0.15, -0.1) is 0 Å². The molecular weight excluding hydrogens is 240 g/mol. The third-order valence-electron chi connectivity index (χ3n) is 5.58. The highest BCUT2D eigenvalue weighted by atomic mass is 16.5. The second-order valence-corrected chi connectivity index (χ2v) is 6.89. The number of hydrogen-bond donors (Lipinski definition) is 0. The number of carbonyl (C=O) groups excluding carboxylic acids is 1. The molecule has 0 radical (unpaired) electrons. The molecule has 1 aromatic heterocycles. The molecule has 1 aromatic rings. The van der Waals surface area contributed by atoms with E-state index in [0.29, 0.717) is 5.56 Å². The molecule has 0 N–H and O–H groups in total. The number of furan rings is 1. The van der Waals surface area contributed by atoms with Crippen LogP contribution in [0.5, 0.6) is 0 Å². The van der Waals surface area contributed by atoms with Gasteiger partial charge in [-0.1, -0.05) is 0 Å². The molecule has 0 saturated heterocycles. The van der Waals surface area contributed by atoms with Gasteiger partial charge in [-0.2, -0.15) is 0 Å². The van der Waals surface area contributed by atoms with Gasteiger partial charge < -0.3 is 9.15 Å². The molecule has 1 heterocycles. The van der Waals surface area contributed by atoms with Crippen LogP contribution in [0.15, 0.2) is 16.7 Å². The van der Waals surface area contributed by atoms with Crippen LogP contribution < -0.4 is 0 Å². The minimum absolute atomic E-state index is 0.223. The largest absolute Gasteiger partial charge is 0.468 e. The summed E-state index contributed by atoms with van der Waals surface area (Å²) in [7, 11) is 1.42. The van der Waals surface area contributed by atoms with Crippen LogP contribution in [0.4, 0.5) is 0 Å². The van der Waals surface area contributed by atoms with Gasteiger partial charge >= 0.3 is 5.97 Å². The summed E-state index contributed by atoms with van der Waals surface area (Å²) in [6, 6.07) is 1.93. The first-order chi connectivity index (χ1) is 9.18. The van der Waals surface area contributed by atoms with Crippen LogP contribution in [0, 0.1) is 17.8 Å². The normalized spacial score (nSPS) is 39.5. The third-order valence-corrected chi connectivity index (χ3v) is 5.58. The van der Waals surface area contributed by atoms with E-state index in [2.05, 4.69) is 0 Å². The maximum atomic E-state index is 11.6. The van der Waals surface area contributed by atoms with Crippen molar-refractivity contribution in [2.75, 3.05) is 7.11 Å². The zero-order valence-corrected chi connectivity index (χ0v) is 11.4. The zero-order chi connectivity index (χ0) is 13.0. The molecule has 0 unspecified atom stereocenters. The average Bonchev–Trinajstić information content (AvgIpc) is 2.86. The zero-order valence-electron chi connectivity index (χ0n) is 11.4. The predicted molar refractivity (Wildman–Crippen MR) is 69.9 cm³/mol. The first kappa shape index (κ1) is 11.6. The van der Waals surface area contributed by atoms with Gasteiger partial charge in [-0.25, -0.2) is 4.79 Å². The monoisotopic (exact) mass is 260 g/mol. The summed E-state index contributed by atoms with van der Waals surface area (Å²) in [5.74, 6) is 3.40. The van der Waals surface area contributed by atoms with Crippen LogP contribution in [0.25, 0.3) is 0 Å². The Labute approximate surface area is 113 Å². The van der Waals surface area contributed by atoms with Crippen molar-refractivity contribution in [3.8, 4) is 0 Å². The molecule has 3 nitrogen and oxygen atoms in total. The molecule has 5 rings (SSSR count). The van der Waals surface area contributed by atoms with Crippen molar-refractivity contribution >= 4 is 5.97 Å². The lowest BCUT2D eigenvalue weighted by Crippen LogP contribution is -2.48. The highest BCUT2D eigenvalue weighted by Crippen LogP contribution is 2.60. The lowest BCUT2D eigenvalue weighted by atomic mass is 9.49. The number of esters is 1. The average molecular weight is 260 g/mol. The van der Waals surface area contributed by atoms with Gasteiger partial charge in [-0.3, -0.25) is 0 Å². The van der Waals surface area contributed by atoms with Gasteiger partial charge in [0.05, 0.1) is 12.7 Å². The van der Waals surface area contributed by atoms with Crippen LogP contribution in [-0.2, 0) is 10.2 Å². The fourth-order valence-corrected chi connectivity index (χ4v) is 5.25. The van der Waals surface area contributed by atoms with Crippen molar-refractivity contribution in [1.82, 2.24) is 0 Å². The van der Waals surface area contributed by atoms with Crippen LogP contribution in [-0.4, -0.2) is 13.1 Å². The molecule has 0 amide bonds. The molecule has 0 aromatic carbocycles. The molecule has 4 saturated carbocycles. The van der Waals surface area contributed by atoms with Crippen molar-refractivity contribution < 1.29 is 13.9 Å². The molecule has 4 bridgehead atoms. The first-order valence-corrected chi connectivity index (χ1v) is 7.36. The fourth-order valence-electron chi connectivity index (χ4n) is 5.25. The van der Waals surface area contributed by atoms with Gasteiger partial charge in [0.2, 0.25) is 0 Å². The summed E-state index contributed by atoms with van der Waals surface area (Å²) < 4.78 is 10.5. The maximum absolute atomic E-state index is 11.6. The first-order valence-electron chi connectivity index (χ1n) is 7.36. The Balaban J connectivity index is 1.68. The lowest BCUT2D eigenvalue weighted by molar-refractivity contribution is -0.0151. The Morgan fingerprint density at radius 3 is 2.32 bits per heavy atom. The molecule has 0 spiro atoms. The highest BCUT2D eigenvalue weighted by molar-refractivity contribution is 5.89. The van der Waals surface area contributed by atoms with E-state index in [-0.39, 0.29) is 11.4 Å². The molecule has 19 heavy (non-hydrogen) atoms. The summed E-state index contributed by atoms with van der Waals surface area (Å²) in [5.41, 5.74) is 0.786. The van der Waals surface area contributed by atoms with Crippen LogP contribution in [0.1, 0.15) is 54.6 Å². The summed E-state index contributed by atoms with van der Waals surface area (Å²) in [6.07, 6.45) is 9.60. The number of methoxy groups -OCH3 is 1. The van der Waals surface area contributed by atoms with Gasteiger partial charge in [-0.05, 0) is 62.3 Å². The van der Waals surface area contributed by atoms with E-state index < -0.39 is 0 Å². The van der Waals surface area contributed by atoms with Crippen molar-refractivity contribution in [3.63, 3.8) is 0 Å². The van der Waals surface area contributed by atoms with Gasteiger partial charge in [0.1, 0.15) is 12.0 Å². The summed E-state index contributed by atoms with van der Waals surface area (Å²) >= 11 is 0. The van der Waals surface area contributed by atoms with Crippen LogP contribution in [0.3, 0.4) is 0 Å². The van der Waals surface area contributed by atoms with E-state index in [1.54, 1.807) is 6.26 Å². The Hall–Kier alpha value is -1.25. The minimum atomic E-state index is -0.292. The minimum Gasteiger partial charge on any atom is -0.468 e. The van der Waals surface area contributed by atoms with Crippen LogP contribution in [0.2, 0.25) is 0 Å². The molecular formula is C16H20O3. The highest BCUT2D eigenvalue weighted by Gasteiger charge is 2.53. The van der Waals surface area contributed by atoms with Gasteiger partial charge in [0.15, 0.2) is 0 Å². The Morgan fingerprint density at radius 2 is 1.79 bits per heavy atom. The van der Waals surface area contributed by atoms with E-state index in [0.717, 1.165) is 23.5 Å². The molecule has 4 aliphatic carbocycles. The van der Waals surface area contributed by atoms with E-state index in [4.69, 9.17) is 9.15 Å². The Bertz CT molecular complexity index is 479. The quantitative estimate of drug-likeness (QED) is 0.764. The van der Waals surface area contributed by atoms with Crippen molar-refractivity contribution in [2.24, 2.45) is 17.8 Å². The number of ether oxygens (including phenoxy) is 1. The molecule has 102 valence electrons. The fraction of sp³-hybridized carbons (Fsp3) is 0.688. The Kier molecular flexibility index (Phi) is 2.36. The van der Waals surface area contributed by atoms with E-state index in [9.17, 15) is 4.79 Å². The predicted octanol–water partition coefficient (Wildman–Crippen LogP) is 3.53. The van der Waals surface area contributed by atoms with Gasteiger partial charge in [0, 0.05) is 5.41 Å². The Morgan fingerprint density at radius 1 is 1.21 bits per heavy atom. The summed E-state index contributed by atoms with van der Waals surface area (Å²) in [6.45, 7) is 0. The SMILES string of the molecule is COC(=O)c1coc(C23CC4CC(CC(C4)C2)C3)c1. The van der Waals surface area contributed by atoms with E-state index in [1.165, 1.54) is 45.6 Å². The standard InChI is InChI=1S/C16H20O3/c1-18-15(17)13-5-14(19-9-13)16-6-10-2-11(7-16)4-12(3-10)8-16/h5,9-12H,2-4,6-8H2,1H3. The lowest BCUT2D eigenvalue weighted by Gasteiger charge is -2.55. The van der Waals surface area contributed by atoms with E-state index in [1.807, 2.05) is 6.07 Å². The van der Waals surface area contributed by atoms with Crippen molar-refractivity contribution in [1.29, 1.82) is 0 Å². The molecule has 3 heteroatoms. The number of rotatable bonds is 2. The molecule has 4 fully saturated rings. The maximum Gasteiger partial charge on any atom is 0.341 e. The second kappa shape index (κ2) is 3.87. The molecule has 0 atom stereocenters. The number of carbonyl (C=O) groups is 1. The second-order valence-electron chi connectivity index (χ2n) is 6.89. The summed E-state index contributed by atoms with van der Waals surface area (Å²) in [5, 5.41) is 0. The van der Waals surface area contributed by atoms with E-state index >= 15 is 0 Å². The smallest absolute Gasteiger partial charge is 0.341 e. The molecule has 0 aliphatic heterocycles. The third kappa shape index (κ3) is 1.67. The van der Waals surface area contributed by atoms with Crippen molar-refractivity contribution in [3.05, 3.63) is 23.7 Å². The topological polar surface area (TPSA) is 39.4 Å². The number of hydrogen-bond acceptors (Lipinski definition) is 3. The van der Waals surface area contributed by atoms with Crippen molar-refractivity contribution in [2.45, 2.75) is 43.9 Å². The van der Waals surface area contributed by atoms with Gasteiger partial charge in [0.25, 0.3) is 0 Å². The van der Waals surface area contributed by atoms with Crippen LogP contribution >= 0.6 is 0 Å². The molecule has 4 aliphatic rings.